The molecule has 40 heavy (non-hydrogen) atoms. The van der Waals surface area contributed by atoms with Gasteiger partial charge in [0.15, 0.2) is 0 Å². The summed E-state index contributed by atoms with van der Waals surface area (Å²) in [5.74, 6) is -1.31. The van der Waals surface area contributed by atoms with Gasteiger partial charge in [-0.05, 0) is 73.7 Å². The molecular formula is C31H38FN3O4S. The van der Waals surface area contributed by atoms with Crippen LogP contribution >= 0.6 is 0 Å². The molecule has 0 saturated heterocycles. The highest BCUT2D eigenvalue weighted by atomic mass is 32.2. The summed E-state index contributed by atoms with van der Waals surface area (Å²) in [5.41, 5.74) is 3.70. The Morgan fingerprint density at radius 2 is 1.57 bits per heavy atom. The molecule has 2 unspecified atom stereocenters. The molecule has 3 aromatic rings. The zero-order valence-electron chi connectivity index (χ0n) is 23.7. The van der Waals surface area contributed by atoms with Crippen molar-refractivity contribution in [1.82, 2.24) is 10.2 Å². The Kier molecular flexibility index (Phi) is 10.5. The highest BCUT2D eigenvalue weighted by Gasteiger charge is 2.33. The normalized spacial score (nSPS) is 12.8. The van der Waals surface area contributed by atoms with Crippen LogP contribution in [0.3, 0.4) is 0 Å². The summed E-state index contributed by atoms with van der Waals surface area (Å²) in [4.78, 5) is 29.1. The summed E-state index contributed by atoms with van der Waals surface area (Å²) < 4.78 is 40.5. The quantitative estimate of drug-likeness (QED) is 0.342. The lowest BCUT2D eigenvalue weighted by Crippen LogP contribution is -2.54. The van der Waals surface area contributed by atoms with Gasteiger partial charge in [0, 0.05) is 19.0 Å². The first-order valence-corrected chi connectivity index (χ1v) is 15.2. The molecule has 7 nitrogen and oxygen atoms in total. The SMILES string of the molecule is CCC(C)NC(=O)C(Cc1ccccc1)N(Cc1ccc(F)cc1)C(=O)CN(c1ccc(C)c(C)c1)S(C)(=O)=O. The molecule has 3 rings (SSSR count). The van der Waals surface area contributed by atoms with Gasteiger partial charge in [-0.1, -0.05) is 55.5 Å². The van der Waals surface area contributed by atoms with E-state index in [4.69, 9.17) is 0 Å². The number of nitrogens with zero attached hydrogens (tertiary/aromatic N) is 2. The van der Waals surface area contributed by atoms with E-state index < -0.39 is 34.3 Å². The lowest BCUT2D eigenvalue weighted by atomic mass is 10.0. The van der Waals surface area contributed by atoms with Crippen LogP contribution in [0.2, 0.25) is 0 Å². The summed E-state index contributed by atoms with van der Waals surface area (Å²) in [6, 6.07) is 19.2. The molecular weight excluding hydrogens is 529 g/mol. The molecule has 0 radical (unpaired) electrons. The van der Waals surface area contributed by atoms with Gasteiger partial charge >= 0.3 is 0 Å². The van der Waals surface area contributed by atoms with Gasteiger partial charge in [-0.25, -0.2) is 12.8 Å². The van der Waals surface area contributed by atoms with Gasteiger partial charge in [0.1, 0.15) is 18.4 Å². The van der Waals surface area contributed by atoms with Crippen LogP contribution in [0.25, 0.3) is 0 Å². The topological polar surface area (TPSA) is 86.8 Å². The Hall–Kier alpha value is -3.72. The van der Waals surface area contributed by atoms with Crippen molar-refractivity contribution in [3.8, 4) is 0 Å². The molecule has 0 heterocycles. The standard InChI is InChI=1S/C31H38FN3O4S/c1-6-24(4)33-31(37)29(19-25-10-8-7-9-11-25)34(20-26-13-15-27(32)16-14-26)30(36)21-35(40(5,38)39)28-17-12-22(2)23(3)18-28/h7-18,24,29H,6,19-21H2,1-5H3,(H,33,37). The molecule has 0 bridgehead atoms. The first kappa shape index (κ1) is 30.8. The number of hydrogen-bond acceptors (Lipinski definition) is 4. The second kappa shape index (κ2) is 13.6. The number of nitrogens with one attached hydrogen (secondary N) is 1. The van der Waals surface area contributed by atoms with Crippen LogP contribution in [-0.2, 0) is 32.6 Å². The monoisotopic (exact) mass is 567 g/mol. The lowest BCUT2D eigenvalue weighted by molar-refractivity contribution is -0.140. The van der Waals surface area contributed by atoms with Crippen LogP contribution in [0.4, 0.5) is 10.1 Å². The van der Waals surface area contributed by atoms with Crippen molar-refractivity contribution in [2.24, 2.45) is 0 Å². The molecule has 2 amide bonds. The van der Waals surface area contributed by atoms with E-state index in [2.05, 4.69) is 5.32 Å². The van der Waals surface area contributed by atoms with E-state index in [9.17, 15) is 22.4 Å². The number of carbonyl (C=O) groups is 2. The first-order valence-electron chi connectivity index (χ1n) is 13.3. The zero-order valence-corrected chi connectivity index (χ0v) is 24.5. The molecule has 3 aromatic carbocycles. The van der Waals surface area contributed by atoms with Crippen molar-refractivity contribution >= 4 is 27.5 Å². The van der Waals surface area contributed by atoms with E-state index in [1.165, 1.54) is 17.0 Å². The molecule has 0 aliphatic heterocycles. The average Bonchev–Trinajstić information content (AvgIpc) is 2.91. The third-order valence-corrected chi connectivity index (χ3v) is 8.14. The maximum Gasteiger partial charge on any atom is 0.244 e. The number of sulfonamides is 1. The van der Waals surface area contributed by atoms with E-state index in [1.54, 1.807) is 30.3 Å². The summed E-state index contributed by atoms with van der Waals surface area (Å²) in [6.07, 6.45) is 1.97. The predicted molar refractivity (Wildman–Crippen MR) is 157 cm³/mol. The fourth-order valence-corrected chi connectivity index (χ4v) is 5.12. The molecule has 0 aliphatic rings. The second-order valence-electron chi connectivity index (χ2n) is 10.2. The smallest absolute Gasteiger partial charge is 0.244 e. The van der Waals surface area contributed by atoms with Crippen molar-refractivity contribution in [2.45, 2.75) is 59.2 Å². The number of benzene rings is 3. The molecule has 2 atom stereocenters. The predicted octanol–water partition coefficient (Wildman–Crippen LogP) is 4.76. The van der Waals surface area contributed by atoms with Gasteiger partial charge in [0.2, 0.25) is 21.8 Å². The van der Waals surface area contributed by atoms with Crippen LogP contribution < -0.4 is 9.62 Å². The summed E-state index contributed by atoms with van der Waals surface area (Å²) in [5, 5.41) is 2.98. The average molecular weight is 568 g/mol. The van der Waals surface area contributed by atoms with Crippen molar-refractivity contribution in [2.75, 3.05) is 17.1 Å². The maximum absolute atomic E-state index is 14.1. The van der Waals surface area contributed by atoms with Crippen LogP contribution in [-0.4, -0.2) is 50.0 Å². The number of rotatable bonds is 12. The van der Waals surface area contributed by atoms with Crippen molar-refractivity contribution < 1.29 is 22.4 Å². The minimum atomic E-state index is -3.85. The number of hydrogen-bond donors (Lipinski definition) is 1. The molecule has 0 aromatic heterocycles. The first-order chi connectivity index (χ1) is 18.9. The number of anilines is 1. The van der Waals surface area contributed by atoms with Crippen LogP contribution in [0, 0.1) is 19.7 Å². The van der Waals surface area contributed by atoms with E-state index >= 15 is 0 Å². The van der Waals surface area contributed by atoms with Crippen LogP contribution in [0.5, 0.6) is 0 Å². The van der Waals surface area contributed by atoms with E-state index in [0.717, 1.165) is 27.3 Å². The highest BCUT2D eigenvalue weighted by molar-refractivity contribution is 7.92. The van der Waals surface area contributed by atoms with Crippen molar-refractivity contribution in [3.05, 3.63) is 101 Å². The highest BCUT2D eigenvalue weighted by Crippen LogP contribution is 2.23. The Morgan fingerprint density at radius 1 is 0.925 bits per heavy atom. The van der Waals surface area contributed by atoms with Crippen molar-refractivity contribution in [1.29, 1.82) is 0 Å². The fraction of sp³-hybridized carbons (Fsp3) is 0.355. The number of aryl methyl sites for hydroxylation is 2. The van der Waals surface area contributed by atoms with Gasteiger partial charge < -0.3 is 10.2 Å². The summed E-state index contributed by atoms with van der Waals surface area (Å²) in [7, 11) is -3.85. The number of carbonyl (C=O) groups excluding carboxylic acids is 2. The Labute approximate surface area is 237 Å². The molecule has 0 spiro atoms. The molecule has 0 aliphatic carbocycles. The summed E-state index contributed by atoms with van der Waals surface area (Å²) in [6.45, 7) is 7.13. The van der Waals surface area contributed by atoms with Gasteiger partial charge in [0.25, 0.3) is 0 Å². The van der Waals surface area contributed by atoms with Gasteiger partial charge in [-0.3, -0.25) is 13.9 Å². The van der Waals surface area contributed by atoms with Gasteiger partial charge in [-0.2, -0.15) is 0 Å². The Balaban J connectivity index is 2.06. The van der Waals surface area contributed by atoms with E-state index in [0.29, 0.717) is 17.7 Å². The maximum atomic E-state index is 14.1. The Bertz CT molecular complexity index is 1410. The minimum absolute atomic E-state index is 0.00489. The second-order valence-corrected chi connectivity index (χ2v) is 12.1. The molecule has 214 valence electrons. The van der Waals surface area contributed by atoms with Crippen LogP contribution in [0.15, 0.2) is 72.8 Å². The Morgan fingerprint density at radius 3 is 2.15 bits per heavy atom. The number of amides is 2. The molecule has 9 heteroatoms. The van der Waals surface area contributed by atoms with Gasteiger partial charge in [-0.15, -0.1) is 0 Å². The lowest BCUT2D eigenvalue weighted by Gasteiger charge is -2.34. The third-order valence-electron chi connectivity index (χ3n) is 7.00. The fourth-order valence-electron chi connectivity index (χ4n) is 4.28. The molecule has 0 saturated carbocycles. The molecule has 1 N–H and O–H groups in total. The number of halogens is 1. The summed E-state index contributed by atoms with van der Waals surface area (Å²) >= 11 is 0. The van der Waals surface area contributed by atoms with E-state index in [1.807, 2.05) is 58.0 Å². The zero-order chi connectivity index (χ0) is 29.4. The van der Waals surface area contributed by atoms with E-state index in [-0.39, 0.29) is 24.9 Å². The third kappa shape index (κ3) is 8.39. The van der Waals surface area contributed by atoms with Gasteiger partial charge in [0.05, 0.1) is 11.9 Å². The minimum Gasteiger partial charge on any atom is -0.352 e. The largest absolute Gasteiger partial charge is 0.352 e. The van der Waals surface area contributed by atoms with Crippen molar-refractivity contribution in [3.63, 3.8) is 0 Å². The molecule has 0 fully saturated rings. The van der Waals surface area contributed by atoms with Crippen LogP contribution in [0.1, 0.15) is 42.5 Å².